The maximum absolute atomic E-state index is 12.2. The average Bonchev–Trinajstić information content (AvgIpc) is 2.90. The highest BCUT2D eigenvalue weighted by molar-refractivity contribution is 5.68. The van der Waals surface area contributed by atoms with Crippen molar-refractivity contribution >= 4 is 6.09 Å². The van der Waals surface area contributed by atoms with E-state index in [-0.39, 0.29) is 12.1 Å². The van der Waals surface area contributed by atoms with Gasteiger partial charge in [-0.3, -0.25) is 4.90 Å². The summed E-state index contributed by atoms with van der Waals surface area (Å²) in [7, 11) is 0. The van der Waals surface area contributed by atoms with Crippen LogP contribution < -0.4 is 5.73 Å². The number of rotatable bonds is 3. The fourth-order valence-corrected chi connectivity index (χ4v) is 3.37. The molecule has 2 rings (SSSR count). The fraction of sp³-hybridized carbons (Fsp3) is 0.938. The average molecular weight is 297 g/mol. The number of carbonyl (C=O) groups is 1. The second-order valence-corrected chi connectivity index (χ2v) is 7.46. The molecule has 1 atom stereocenters. The van der Waals surface area contributed by atoms with Gasteiger partial charge in [-0.1, -0.05) is 12.8 Å². The quantitative estimate of drug-likeness (QED) is 0.866. The molecule has 1 saturated carbocycles. The van der Waals surface area contributed by atoms with Gasteiger partial charge in [0.2, 0.25) is 0 Å². The van der Waals surface area contributed by atoms with E-state index in [0.717, 1.165) is 25.6 Å². The highest BCUT2D eigenvalue weighted by Crippen LogP contribution is 2.27. The molecule has 0 aromatic rings. The topological polar surface area (TPSA) is 58.8 Å². The maximum atomic E-state index is 12.2. The Morgan fingerprint density at radius 2 is 1.90 bits per heavy atom. The SMILES string of the molecule is CC(C)(C)OC(=O)N1CCN(CC2CCCC2)C(CN)C1. The van der Waals surface area contributed by atoms with Gasteiger partial charge in [-0.25, -0.2) is 4.79 Å². The lowest BCUT2D eigenvalue weighted by Crippen LogP contribution is -2.58. The molecule has 2 fully saturated rings. The molecule has 0 aromatic carbocycles. The molecule has 0 spiro atoms. The second-order valence-electron chi connectivity index (χ2n) is 7.46. The first-order valence-electron chi connectivity index (χ1n) is 8.31. The summed E-state index contributed by atoms with van der Waals surface area (Å²) in [5, 5.41) is 0. The van der Waals surface area contributed by atoms with Crippen LogP contribution >= 0.6 is 0 Å². The van der Waals surface area contributed by atoms with E-state index in [1.54, 1.807) is 0 Å². The van der Waals surface area contributed by atoms with Crippen LogP contribution in [0, 0.1) is 5.92 Å². The maximum Gasteiger partial charge on any atom is 0.410 e. The first-order chi connectivity index (χ1) is 9.89. The van der Waals surface area contributed by atoms with Gasteiger partial charge in [0, 0.05) is 38.8 Å². The first kappa shape index (κ1) is 16.6. The van der Waals surface area contributed by atoms with Gasteiger partial charge in [0.25, 0.3) is 0 Å². The Morgan fingerprint density at radius 1 is 1.24 bits per heavy atom. The molecule has 1 unspecified atom stereocenters. The molecule has 0 aromatic heterocycles. The molecular formula is C16H31N3O2. The lowest BCUT2D eigenvalue weighted by Gasteiger charge is -2.42. The number of amides is 1. The van der Waals surface area contributed by atoms with Gasteiger partial charge in [0.05, 0.1) is 0 Å². The molecule has 0 bridgehead atoms. The predicted octanol–water partition coefficient (Wildman–Crippen LogP) is 2.06. The monoisotopic (exact) mass is 297 g/mol. The van der Waals surface area contributed by atoms with Crippen molar-refractivity contribution in [1.29, 1.82) is 0 Å². The molecule has 2 aliphatic rings. The van der Waals surface area contributed by atoms with Crippen LogP contribution in [0.15, 0.2) is 0 Å². The minimum atomic E-state index is -0.434. The Balaban J connectivity index is 1.86. The van der Waals surface area contributed by atoms with Gasteiger partial charge in [-0.05, 0) is 39.5 Å². The van der Waals surface area contributed by atoms with Crippen LogP contribution in [0.25, 0.3) is 0 Å². The molecule has 1 aliphatic carbocycles. The number of nitrogens with zero attached hydrogens (tertiary/aromatic N) is 2. The van der Waals surface area contributed by atoms with Crippen molar-refractivity contribution < 1.29 is 9.53 Å². The lowest BCUT2D eigenvalue weighted by atomic mass is 10.0. The normalized spacial score (nSPS) is 25.3. The van der Waals surface area contributed by atoms with Crippen LogP contribution in [-0.2, 0) is 4.74 Å². The van der Waals surface area contributed by atoms with Crippen LogP contribution in [-0.4, -0.2) is 60.3 Å². The number of carbonyl (C=O) groups excluding carboxylic acids is 1. The molecule has 1 heterocycles. The molecule has 1 aliphatic heterocycles. The zero-order chi connectivity index (χ0) is 15.5. The van der Waals surface area contributed by atoms with Crippen molar-refractivity contribution in [2.75, 3.05) is 32.7 Å². The van der Waals surface area contributed by atoms with Crippen LogP contribution in [0.1, 0.15) is 46.5 Å². The fourth-order valence-electron chi connectivity index (χ4n) is 3.37. The molecule has 2 N–H and O–H groups in total. The van der Waals surface area contributed by atoms with Crippen LogP contribution in [0.3, 0.4) is 0 Å². The molecule has 0 radical (unpaired) electrons. The van der Waals surface area contributed by atoms with Crippen molar-refractivity contribution in [1.82, 2.24) is 9.80 Å². The molecule has 1 saturated heterocycles. The third kappa shape index (κ3) is 4.85. The van der Waals surface area contributed by atoms with E-state index < -0.39 is 5.60 Å². The molecule has 5 nitrogen and oxygen atoms in total. The number of hydrogen-bond donors (Lipinski definition) is 1. The lowest BCUT2D eigenvalue weighted by molar-refractivity contribution is 0.00263. The van der Waals surface area contributed by atoms with Crippen molar-refractivity contribution in [3.63, 3.8) is 0 Å². The molecule has 21 heavy (non-hydrogen) atoms. The van der Waals surface area contributed by atoms with Gasteiger partial charge >= 0.3 is 6.09 Å². The van der Waals surface area contributed by atoms with Crippen molar-refractivity contribution in [3.05, 3.63) is 0 Å². The van der Waals surface area contributed by atoms with E-state index in [1.807, 2.05) is 25.7 Å². The number of nitrogens with two attached hydrogens (primary N) is 1. The third-order valence-corrected chi connectivity index (χ3v) is 4.50. The number of ether oxygens (including phenoxy) is 1. The molecule has 5 heteroatoms. The standard InChI is InChI=1S/C16H31N3O2/c1-16(2,3)21-15(20)19-9-8-18(14(10-17)12-19)11-13-6-4-5-7-13/h13-14H,4-12,17H2,1-3H3. The smallest absolute Gasteiger partial charge is 0.410 e. The van der Waals surface area contributed by atoms with E-state index in [0.29, 0.717) is 13.1 Å². The Bertz CT molecular complexity index is 348. The van der Waals surface area contributed by atoms with Crippen LogP contribution in [0.2, 0.25) is 0 Å². The summed E-state index contributed by atoms with van der Waals surface area (Å²) < 4.78 is 5.47. The zero-order valence-electron chi connectivity index (χ0n) is 13.8. The molecule has 122 valence electrons. The predicted molar refractivity (Wildman–Crippen MR) is 84.2 cm³/mol. The summed E-state index contributed by atoms with van der Waals surface area (Å²) in [5.41, 5.74) is 5.50. The minimum absolute atomic E-state index is 0.207. The van der Waals surface area contributed by atoms with Crippen molar-refractivity contribution in [2.45, 2.75) is 58.1 Å². The largest absolute Gasteiger partial charge is 0.444 e. The van der Waals surface area contributed by atoms with E-state index in [9.17, 15) is 4.79 Å². The number of piperazine rings is 1. The number of hydrogen-bond acceptors (Lipinski definition) is 4. The van der Waals surface area contributed by atoms with Crippen LogP contribution in [0.5, 0.6) is 0 Å². The van der Waals surface area contributed by atoms with Gasteiger partial charge in [0.15, 0.2) is 0 Å². The minimum Gasteiger partial charge on any atom is -0.444 e. The second kappa shape index (κ2) is 6.97. The highest BCUT2D eigenvalue weighted by atomic mass is 16.6. The van der Waals surface area contributed by atoms with Gasteiger partial charge in [-0.15, -0.1) is 0 Å². The highest BCUT2D eigenvalue weighted by Gasteiger charge is 2.32. The summed E-state index contributed by atoms with van der Waals surface area (Å²) in [6.07, 6.45) is 5.24. The van der Waals surface area contributed by atoms with Crippen LogP contribution in [0.4, 0.5) is 4.79 Å². The Hall–Kier alpha value is -0.810. The van der Waals surface area contributed by atoms with Gasteiger partial charge in [-0.2, -0.15) is 0 Å². The Labute approximate surface area is 128 Å². The summed E-state index contributed by atoms with van der Waals surface area (Å²) in [4.78, 5) is 16.5. The van der Waals surface area contributed by atoms with E-state index >= 15 is 0 Å². The van der Waals surface area contributed by atoms with E-state index in [2.05, 4.69) is 4.90 Å². The van der Waals surface area contributed by atoms with E-state index in [1.165, 1.54) is 25.7 Å². The van der Waals surface area contributed by atoms with Crippen molar-refractivity contribution in [3.8, 4) is 0 Å². The Morgan fingerprint density at radius 3 is 2.48 bits per heavy atom. The van der Waals surface area contributed by atoms with Gasteiger partial charge in [0.1, 0.15) is 5.60 Å². The molecule has 1 amide bonds. The summed E-state index contributed by atoms with van der Waals surface area (Å²) in [6, 6.07) is 0.270. The molecular weight excluding hydrogens is 266 g/mol. The van der Waals surface area contributed by atoms with E-state index in [4.69, 9.17) is 10.5 Å². The third-order valence-electron chi connectivity index (χ3n) is 4.50. The first-order valence-corrected chi connectivity index (χ1v) is 8.31. The zero-order valence-corrected chi connectivity index (χ0v) is 13.8. The Kier molecular flexibility index (Phi) is 5.49. The summed E-state index contributed by atoms with van der Waals surface area (Å²) in [5.74, 6) is 0.826. The summed E-state index contributed by atoms with van der Waals surface area (Å²) in [6.45, 7) is 9.81. The van der Waals surface area contributed by atoms with Gasteiger partial charge < -0.3 is 15.4 Å². The van der Waals surface area contributed by atoms with Crippen molar-refractivity contribution in [2.24, 2.45) is 11.7 Å². The summed E-state index contributed by atoms with van der Waals surface area (Å²) >= 11 is 0.